The van der Waals surface area contributed by atoms with E-state index in [9.17, 15) is 19.5 Å². The number of hydrogen-bond donors (Lipinski definition) is 3. The van der Waals surface area contributed by atoms with Gasteiger partial charge in [-0.1, -0.05) is 60.1 Å². The van der Waals surface area contributed by atoms with E-state index in [1.807, 2.05) is 71.3 Å². The fourth-order valence-electron chi connectivity index (χ4n) is 6.08. The minimum atomic E-state index is -0.276. The molecule has 1 saturated heterocycles. The lowest BCUT2D eigenvalue weighted by molar-refractivity contribution is -0.136. The highest BCUT2D eigenvalue weighted by molar-refractivity contribution is 6.30. The Morgan fingerprint density at radius 1 is 0.957 bits per heavy atom. The topological polar surface area (TPSA) is 116 Å². The summed E-state index contributed by atoms with van der Waals surface area (Å²) in [6, 6.07) is 28.7. The van der Waals surface area contributed by atoms with Crippen molar-refractivity contribution in [3.8, 4) is 16.9 Å². The Labute approximate surface area is 274 Å². The van der Waals surface area contributed by atoms with Gasteiger partial charge in [0.05, 0.1) is 12.5 Å². The van der Waals surface area contributed by atoms with Gasteiger partial charge in [0.2, 0.25) is 5.91 Å². The van der Waals surface area contributed by atoms with Gasteiger partial charge in [-0.05, 0) is 90.6 Å². The minimum absolute atomic E-state index is 0.00917. The van der Waals surface area contributed by atoms with Crippen molar-refractivity contribution in [2.24, 2.45) is 5.73 Å². The van der Waals surface area contributed by atoms with Crippen LogP contribution in [0.3, 0.4) is 0 Å². The number of carbonyl (C=O) groups excluding carboxylic acids is 3. The van der Waals surface area contributed by atoms with Crippen molar-refractivity contribution >= 4 is 29.3 Å². The molecule has 4 aromatic rings. The molecule has 9 heteroatoms. The summed E-state index contributed by atoms with van der Waals surface area (Å²) in [5.41, 5.74) is 10.2. The van der Waals surface area contributed by atoms with Crippen molar-refractivity contribution in [3.05, 3.63) is 124 Å². The molecular formula is C37H39ClN4O4. The van der Waals surface area contributed by atoms with Gasteiger partial charge in [-0.15, -0.1) is 0 Å². The average molecular weight is 639 g/mol. The number of benzene rings is 4. The number of nitrogens with zero attached hydrogens (tertiary/aromatic N) is 2. The van der Waals surface area contributed by atoms with Crippen LogP contribution in [0.1, 0.15) is 57.7 Å². The Bertz CT molecular complexity index is 1670. The van der Waals surface area contributed by atoms with Gasteiger partial charge in [-0.3, -0.25) is 14.4 Å². The van der Waals surface area contributed by atoms with Crippen molar-refractivity contribution in [1.82, 2.24) is 15.1 Å². The van der Waals surface area contributed by atoms with Crippen LogP contribution in [-0.2, 0) is 11.2 Å². The fourth-order valence-corrected chi connectivity index (χ4v) is 6.20. The van der Waals surface area contributed by atoms with Crippen LogP contribution >= 0.6 is 11.6 Å². The lowest BCUT2D eigenvalue weighted by Gasteiger charge is -2.42. The smallest absolute Gasteiger partial charge is 0.253 e. The van der Waals surface area contributed by atoms with E-state index in [-0.39, 0.29) is 42.0 Å². The molecule has 0 saturated carbocycles. The zero-order valence-corrected chi connectivity index (χ0v) is 26.6. The van der Waals surface area contributed by atoms with Gasteiger partial charge in [-0.25, -0.2) is 0 Å². The first-order valence-electron chi connectivity index (χ1n) is 15.6. The monoisotopic (exact) mass is 638 g/mol. The fraction of sp³-hybridized carbons (Fsp3) is 0.270. The SMILES string of the molecule is CC(c1cccc(-c2ccccc2C(=O)NCCN)c1)N(C(=O)Cc1ccc(Cl)cc1)C1CCN(C(=O)c2ccc(O)cc2)CC1. The minimum Gasteiger partial charge on any atom is -0.508 e. The molecule has 3 amide bonds. The van der Waals surface area contributed by atoms with Crippen LogP contribution in [0.25, 0.3) is 11.1 Å². The van der Waals surface area contributed by atoms with Gasteiger partial charge in [0.1, 0.15) is 5.75 Å². The number of piperidine rings is 1. The quantitative estimate of drug-likeness (QED) is 0.202. The number of aromatic hydroxyl groups is 1. The summed E-state index contributed by atoms with van der Waals surface area (Å²) in [7, 11) is 0. The Morgan fingerprint density at radius 3 is 2.35 bits per heavy atom. The molecule has 0 aliphatic carbocycles. The average Bonchev–Trinajstić information content (AvgIpc) is 3.08. The molecule has 0 aromatic heterocycles. The van der Waals surface area contributed by atoms with E-state index in [0.717, 1.165) is 22.3 Å². The second-order valence-electron chi connectivity index (χ2n) is 11.6. The summed E-state index contributed by atoms with van der Waals surface area (Å²) in [5.74, 6) is -0.174. The first-order chi connectivity index (χ1) is 22.2. The number of nitrogens with two attached hydrogens (primary N) is 1. The third-order valence-corrected chi connectivity index (χ3v) is 8.77. The zero-order chi connectivity index (χ0) is 32.6. The van der Waals surface area contributed by atoms with Crippen LogP contribution in [0.5, 0.6) is 5.75 Å². The van der Waals surface area contributed by atoms with Gasteiger partial charge in [0.15, 0.2) is 0 Å². The molecule has 1 aliphatic rings. The number of carbonyl (C=O) groups is 3. The van der Waals surface area contributed by atoms with Gasteiger partial charge in [0, 0.05) is 48.4 Å². The molecule has 4 aromatic carbocycles. The summed E-state index contributed by atoms with van der Waals surface area (Å²) in [6.07, 6.45) is 1.48. The molecule has 8 nitrogen and oxygen atoms in total. The van der Waals surface area contributed by atoms with Crippen molar-refractivity contribution in [2.45, 2.75) is 38.3 Å². The lowest BCUT2D eigenvalue weighted by atomic mass is 9.93. The first-order valence-corrected chi connectivity index (χ1v) is 15.9. The summed E-state index contributed by atoms with van der Waals surface area (Å²) >= 11 is 6.10. The summed E-state index contributed by atoms with van der Waals surface area (Å²) < 4.78 is 0. The molecule has 1 fully saturated rings. The third-order valence-electron chi connectivity index (χ3n) is 8.51. The highest BCUT2D eigenvalue weighted by Gasteiger charge is 2.33. The summed E-state index contributed by atoms with van der Waals surface area (Å²) in [6.45, 7) is 3.78. The molecule has 0 spiro atoms. The number of phenols is 1. The van der Waals surface area contributed by atoms with E-state index in [0.29, 0.717) is 55.2 Å². The van der Waals surface area contributed by atoms with E-state index >= 15 is 0 Å². The number of hydrogen-bond acceptors (Lipinski definition) is 5. The molecule has 46 heavy (non-hydrogen) atoms. The number of phenolic OH excluding ortho intramolecular Hbond substituents is 1. The second kappa shape index (κ2) is 15.1. The zero-order valence-electron chi connectivity index (χ0n) is 25.9. The van der Waals surface area contributed by atoms with Crippen LogP contribution in [0.4, 0.5) is 0 Å². The van der Waals surface area contributed by atoms with Crippen LogP contribution in [0.2, 0.25) is 5.02 Å². The molecule has 1 heterocycles. The van der Waals surface area contributed by atoms with Crippen LogP contribution in [0, 0.1) is 0 Å². The number of halogens is 1. The molecule has 1 aliphatic heterocycles. The maximum atomic E-state index is 14.1. The Hall–Kier alpha value is -4.66. The van der Waals surface area contributed by atoms with Crippen LogP contribution in [-0.4, -0.2) is 64.8 Å². The van der Waals surface area contributed by atoms with Crippen LogP contribution < -0.4 is 11.1 Å². The summed E-state index contributed by atoms with van der Waals surface area (Å²) in [4.78, 5) is 44.0. The highest BCUT2D eigenvalue weighted by atomic mass is 35.5. The van der Waals surface area contributed by atoms with Crippen molar-refractivity contribution in [3.63, 3.8) is 0 Å². The molecular weight excluding hydrogens is 600 g/mol. The van der Waals surface area contributed by atoms with Gasteiger partial charge >= 0.3 is 0 Å². The van der Waals surface area contributed by atoms with Gasteiger partial charge in [0.25, 0.3) is 11.8 Å². The Balaban J connectivity index is 1.41. The number of nitrogens with one attached hydrogen (secondary N) is 1. The lowest BCUT2D eigenvalue weighted by Crippen LogP contribution is -2.50. The Kier molecular flexibility index (Phi) is 10.7. The molecule has 1 unspecified atom stereocenters. The summed E-state index contributed by atoms with van der Waals surface area (Å²) in [5, 5.41) is 13.1. The van der Waals surface area contributed by atoms with Crippen molar-refractivity contribution in [1.29, 1.82) is 0 Å². The molecule has 5 rings (SSSR count). The van der Waals surface area contributed by atoms with Crippen molar-refractivity contribution < 1.29 is 19.5 Å². The maximum absolute atomic E-state index is 14.1. The number of amides is 3. The van der Waals surface area contributed by atoms with Gasteiger partial charge in [-0.2, -0.15) is 0 Å². The van der Waals surface area contributed by atoms with Crippen molar-refractivity contribution in [2.75, 3.05) is 26.2 Å². The molecule has 4 N–H and O–H groups in total. The van der Waals surface area contributed by atoms with E-state index in [2.05, 4.69) is 5.32 Å². The normalized spacial score (nSPS) is 14.0. The first kappa shape index (κ1) is 32.7. The second-order valence-corrected chi connectivity index (χ2v) is 12.0. The predicted octanol–water partition coefficient (Wildman–Crippen LogP) is 5.84. The molecule has 0 radical (unpaired) electrons. The number of rotatable bonds is 10. The Morgan fingerprint density at radius 2 is 1.65 bits per heavy atom. The van der Waals surface area contributed by atoms with E-state index in [1.165, 1.54) is 12.1 Å². The van der Waals surface area contributed by atoms with E-state index in [4.69, 9.17) is 17.3 Å². The molecule has 238 valence electrons. The van der Waals surface area contributed by atoms with E-state index < -0.39 is 0 Å². The predicted molar refractivity (Wildman–Crippen MR) is 181 cm³/mol. The highest BCUT2D eigenvalue weighted by Crippen LogP contribution is 2.32. The number of likely N-dealkylation sites (tertiary alicyclic amines) is 1. The van der Waals surface area contributed by atoms with Gasteiger partial charge < -0.3 is 26.0 Å². The van der Waals surface area contributed by atoms with Crippen LogP contribution in [0.15, 0.2) is 97.1 Å². The van der Waals surface area contributed by atoms with E-state index in [1.54, 1.807) is 30.3 Å². The standard InChI is InChI=1S/C37H39ClN4O4/c1-25(28-5-4-6-29(24-28)33-7-2-3-8-34(33)36(45)40-20-19-39)42(35(44)23-26-9-13-30(38)14-10-26)31-17-21-41(22-18-31)37(46)27-11-15-32(43)16-12-27/h2-16,24-25,31,43H,17-23,39H2,1H3,(H,40,45). The maximum Gasteiger partial charge on any atom is 0.253 e. The molecule has 1 atom stereocenters. The third kappa shape index (κ3) is 7.76. The largest absolute Gasteiger partial charge is 0.508 e. The molecule has 0 bridgehead atoms.